The van der Waals surface area contributed by atoms with Crippen molar-refractivity contribution in [2.75, 3.05) is 25.9 Å². The third-order valence-corrected chi connectivity index (χ3v) is 6.09. The third kappa shape index (κ3) is 3.12. The second kappa shape index (κ2) is 5.66. The van der Waals surface area contributed by atoms with E-state index in [1.54, 1.807) is 10.5 Å². The molecular weight excluding hydrogens is 286 g/mol. The summed E-state index contributed by atoms with van der Waals surface area (Å²) in [5, 5.41) is 0. The van der Waals surface area contributed by atoms with Gasteiger partial charge in [-0.1, -0.05) is 12.5 Å². The summed E-state index contributed by atoms with van der Waals surface area (Å²) >= 11 is 0. The van der Waals surface area contributed by atoms with Gasteiger partial charge in [0.2, 0.25) is 10.0 Å². The number of aromatic nitrogens is 1. The van der Waals surface area contributed by atoms with E-state index < -0.39 is 10.0 Å². The molecule has 0 radical (unpaired) electrons. The van der Waals surface area contributed by atoms with Gasteiger partial charge in [-0.2, -0.15) is 4.31 Å². The smallest absolute Gasteiger partial charge is 0.211 e. The standard InChI is InChI=1S/C15H23N3O2S/c1-21(19,20)18-9-3-2-6-15(18)7-10-17(13-15)12-14-5-4-8-16-11-14/h4-5,8,11H,2-3,6-7,9-10,12-13H2,1H3/t15-/m0/s1. The fourth-order valence-electron chi connectivity index (χ4n) is 3.82. The van der Waals surface area contributed by atoms with Gasteiger partial charge in [-0.05, 0) is 30.9 Å². The summed E-state index contributed by atoms with van der Waals surface area (Å²) in [6.07, 6.45) is 9.07. The molecule has 0 aliphatic carbocycles. The van der Waals surface area contributed by atoms with Gasteiger partial charge in [-0.25, -0.2) is 8.42 Å². The summed E-state index contributed by atoms with van der Waals surface area (Å²) in [4.78, 5) is 6.51. The van der Waals surface area contributed by atoms with Crippen molar-refractivity contribution in [3.63, 3.8) is 0 Å². The van der Waals surface area contributed by atoms with Crippen molar-refractivity contribution in [1.29, 1.82) is 0 Å². The van der Waals surface area contributed by atoms with E-state index in [9.17, 15) is 8.42 Å². The predicted octanol–water partition coefficient (Wildman–Crippen LogP) is 1.47. The number of piperidine rings is 1. The molecule has 0 N–H and O–H groups in total. The zero-order valence-corrected chi connectivity index (χ0v) is 13.3. The summed E-state index contributed by atoms with van der Waals surface area (Å²) in [6.45, 7) is 3.34. The number of sulfonamides is 1. The van der Waals surface area contributed by atoms with Crippen LogP contribution in [0.3, 0.4) is 0 Å². The molecule has 3 heterocycles. The maximum absolute atomic E-state index is 12.1. The van der Waals surface area contributed by atoms with Crippen molar-refractivity contribution < 1.29 is 8.42 Å². The van der Waals surface area contributed by atoms with Crippen LogP contribution in [0.2, 0.25) is 0 Å². The molecule has 1 aromatic rings. The van der Waals surface area contributed by atoms with E-state index in [0.717, 1.165) is 45.3 Å². The molecule has 21 heavy (non-hydrogen) atoms. The first kappa shape index (κ1) is 14.9. The fraction of sp³-hybridized carbons (Fsp3) is 0.667. The molecule has 6 heteroatoms. The van der Waals surface area contributed by atoms with E-state index in [0.29, 0.717) is 6.54 Å². The van der Waals surface area contributed by atoms with Crippen LogP contribution in [0.25, 0.3) is 0 Å². The zero-order valence-electron chi connectivity index (χ0n) is 12.5. The Hall–Kier alpha value is -0.980. The van der Waals surface area contributed by atoms with Crippen LogP contribution in [-0.4, -0.2) is 54.0 Å². The third-order valence-electron chi connectivity index (χ3n) is 4.72. The number of likely N-dealkylation sites (tertiary alicyclic amines) is 1. The molecular formula is C15H23N3O2S. The predicted molar refractivity (Wildman–Crippen MR) is 82.3 cm³/mol. The van der Waals surface area contributed by atoms with Crippen LogP contribution in [0, 0.1) is 0 Å². The molecule has 0 bridgehead atoms. The maximum atomic E-state index is 12.1. The van der Waals surface area contributed by atoms with Crippen LogP contribution < -0.4 is 0 Å². The number of pyridine rings is 1. The Morgan fingerprint density at radius 2 is 2.14 bits per heavy atom. The van der Waals surface area contributed by atoms with Gasteiger partial charge >= 0.3 is 0 Å². The summed E-state index contributed by atoms with van der Waals surface area (Å²) < 4.78 is 26.0. The van der Waals surface area contributed by atoms with E-state index in [2.05, 4.69) is 16.0 Å². The van der Waals surface area contributed by atoms with E-state index in [4.69, 9.17) is 0 Å². The molecule has 1 aromatic heterocycles. The van der Waals surface area contributed by atoms with Gasteiger partial charge in [0.1, 0.15) is 0 Å². The first-order chi connectivity index (χ1) is 10.00. The molecule has 0 saturated carbocycles. The van der Waals surface area contributed by atoms with Gasteiger partial charge in [0.15, 0.2) is 0 Å². The van der Waals surface area contributed by atoms with E-state index >= 15 is 0 Å². The molecule has 0 aromatic carbocycles. The molecule has 2 saturated heterocycles. The number of hydrogen-bond acceptors (Lipinski definition) is 4. The highest BCUT2D eigenvalue weighted by Crippen LogP contribution is 2.38. The van der Waals surface area contributed by atoms with E-state index in [-0.39, 0.29) is 5.54 Å². The average Bonchev–Trinajstić information content (AvgIpc) is 2.82. The van der Waals surface area contributed by atoms with Gasteiger partial charge in [0, 0.05) is 44.1 Å². The van der Waals surface area contributed by atoms with Crippen molar-refractivity contribution in [3.8, 4) is 0 Å². The van der Waals surface area contributed by atoms with Crippen LogP contribution in [0.4, 0.5) is 0 Å². The zero-order chi connectivity index (χ0) is 14.9. The molecule has 2 fully saturated rings. The number of rotatable bonds is 3. The van der Waals surface area contributed by atoms with Crippen molar-refractivity contribution in [3.05, 3.63) is 30.1 Å². The maximum Gasteiger partial charge on any atom is 0.211 e. The Morgan fingerprint density at radius 1 is 1.29 bits per heavy atom. The summed E-state index contributed by atoms with van der Waals surface area (Å²) in [7, 11) is -3.12. The quantitative estimate of drug-likeness (QED) is 0.848. The number of nitrogens with zero attached hydrogens (tertiary/aromatic N) is 3. The normalized spacial score (nSPS) is 28.2. The average molecular weight is 309 g/mol. The highest BCUT2D eigenvalue weighted by atomic mass is 32.2. The Kier molecular flexibility index (Phi) is 4.03. The van der Waals surface area contributed by atoms with Gasteiger partial charge in [0.05, 0.1) is 6.26 Å². The lowest BCUT2D eigenvalue weighted by atomic mass is 9.88. The Bertz CT molecular complexity index is 590. The minimum absolute atomic E-state index is 0.173. The van der Waals surface area contributed by atoms with E-state index in [1.165, 1.54) is 11.8 Å². The van der Waals surface area contributed by atoms with Gasteiger partial charge < -0.3 is 0 Å². The molecule has 1 spiro atoms. The summed E-state index contributed by atoms with van der Waals surface area (Å²) in [5.41, 5.74) is 1.02. The van der Waals surface area contributed by atoms with Crippen molar-refractivity contribution in [2.45, 2.75) is 37.8 Å². The Morgan fingerprint density at radius 3 is 2.86 bits per heavy atom. The SMILES string of the molecule is CS(=O)(=O)N1CCCC[C@@]12CCN(Cc1cccnc1)C2. The fourth-order valence-corrected chi connectivity index (χ4v) is 5.23. The van der Waals surface area contributed by atoms with Gasteiger partial charge in [-0.15, -0.1) is 0 Å². The van der Waals surface area contributed by atoms with Crippen molar-refractivity contribution in [2.24, 2.45) is 0 Å². The highest BCUT2D eigenvalue weighted by Gasteiger charge is 2.47. The minimum Gasteiger partial charge on any atom is -0.297 e. The van der Waals surface area contributed by atoms with Crippen LogP contribution in [-0.2, 0) is 16.6 Å². The lowest BCUT2D eigenvalue weighted by Crippen LogP contribution is -2.55. The van der Waals surface area contributed by atoms with Gasteiger partial charge in [-0.3, -0.25) is 9.88 Å². The molecule has 116 valence electrons. The van der Waals surface area contributed by atoms with Crippen molar-refractivity contribution in [1.82, 2.24) is 14.2 Å². The second-order valence-electron chi connectivity index (χ2n) is 6.34. The largest absolute Gasteiger partial charge is 0.297 e. The topological polar surface area (TPSA) is 53.5 Å². The Balaban J connectivity index is 1.75. The molecule has 2 aliphatic rings. The van der Waals surface area contributed by atoms with Crippen LogP contribution in [0.5, 0.6) is 0 Å². The highest BCUT2D eigenvalue weighted by molar-refractivity contribution is 7.88. The van der Waals surface area contributed by atoms with Crippen LogP contribution >= 0.6 is 0 Å². The van der Waals surface area contributed by atoms with Crippen LogP contribution in [0.15, 0.2) is 24.5 Å². The minimum atomic E-state index is -3.12. The monoisotopic (exact) mass is 309 g/mol. The first-order valence-electron chi connectivity index (χ1n) is 7.59. The Labute approximate surface area is 127 Å². The summed E-state index contributed by atoms with van der Waals surface area (Å²) in [5.74, 6) is 0. The molecule has 1 atom stereocenters. The lowest BCUT2D eigenvalue weighted by Gasteiger charge is -2.43. The molecule has 5 nitrogen and oxygen atoms in total. The second-order valence-corrected chi connectivity index (χ2v) is 8.25. The van der Waals surface area contributed by atoms with Crippen molar-refractivity contribution >= 4 is 10.0 Å². The van der Waals surface area contributed by atoms with Crippen LogP contribution in [0.1, 0.15) is 31.2 Å². The summed E-state index contributed by atoms with van der Waals surface area (Å²) in [6, 6.07) is 4.03. The lowest BCUT2D eigenvalue weighted by molar-refractivity contribution is 0.134. The van der Waals surface area contributed by atoms with E-state index in [1.807, 2.05) is 12.3 Å². The molecule has 3 rings (SSSR count). The first-order valence-corrected chi connectivity index (χ1v) is 9.44. The molecule has 2 aliphatic heterocycles. The molecule has 0 amide bonds. The van der Waals surface area contributed by atoms with Gasteiger partial charge in [0.25, 0.3) is 0 Å². The molecule has 0 unspecified atom stereocenters. The number of hydrogen-bond donors (Lipinski definition) is 0.